The molecule has 0 spiro atoms. The van der Waals surface area contributed by atoms with E-state index in [-0.39, 0.29) is 17.6 Å². The third kappa shape index (κ3) is 3.42. The predicted molar refractivity (Wildman–Crippen MR) is 90.6 cm³/mol. The molecule has 130 valence electrons. The van der Waals surface area contributed by atoms with Gasteiger partial charge in [-0.25, -0.2) is 4.68 Å². The summed E-state index contributed by atoms with van der Waals surface area (Å²) in [5, 5.41) is 14.7. The Morgan fingerprint density at radius 3 is 3.24 bits per heavy atom. The Morgan fingerprint density at radius 1 is 1.56 bits per heavy atom. The maximum absolute atomic E-state index is 12.5. The van der Waals surface area contributed by atoms with Crippen LogP contribution in [0.2, 0.25) is 4.34 Å². The van der Waals surface area contributed by atoms with Gasteiger partial charge in [0.15, 0.2) is 11.5 Å². The highest BCUT2D eigenvalue weighted by Crippen LogP contribution is 2.37. The van der Waals surface area contributed by atoms with Crippen molar-refractivity contribution >= 4 is 28.8 Å². The molecule has 1 atom stereocenters. The Hall–Kier alpha value is -2.26. The molecule has 8 nitrogen and oxygen atoms in total. The zero-order valence-electron chi connectivity index (χ0n) is 13.4. The molecular formula is C15H15ClN6O2S. The molecule has 0 bridgehead atoms. The quantitative estimate of drug-likeness (QED) is 0.749. The number of aryl methyl sites for hydroxylation is 2. The van der Waals surface area contributed by atoms with Crippen molar-refractivity contribution in [2.45, 2.75) is 38.8 Å². The lowest BCUT2D eigenvalue weighted by Gasteiger charge is -2.23. The van der Waals surface area contributed by atoms with Crippen molar-refractivity contribution in [2.75, 3.05) is 0 Å². The molecule has 1 aliphatic rings. The van der Waals surface area contributed by atoms with Gasteiger partial charge >= 0.3 is 0 Å². The lowest BCUT2D eigenvalue weighted by Crippen LogP contribution is -2.30. The third-order valence-electron chi connectivity index (χ3n) is 4.03. The number of thiophene rings is 1. The average molecular weight is 379 g/mol. The van der Waals surface area contributed by atoms with Crippen LogP contribution in [-0.4, -0.2) is 31.0 Å². The van der Waals surface area contributed by atoms with Crippen LogP contribution in [0, 0.1) is 6.92 Å². The maximum Gasteiger partial charge on any atom is 0.273 e. The van der Waals surface area contributed by atoms with Crippen molar-refractivity contribution in [3.05, 3.63) is 44.4 Å². The van der Waals surface area contributed by atoms with Crippen LogP contribution < -0.4 is 5.32 Å². The summed E-state index contributed by atoms with van der Waals surface area (Å²) in [4.78, 5) is 17.8. The van der Waals surface area contributed by atoms with E-state index in [0.29, 0.717) is 18.3 Å². The van der Waals surface area contributed by atoms with E-state index < -0.39 is 0 Å². The molecule has 0 radical (unpaired) electrons. The molecule has 0 saturated carbocycles. The van der Waals surface area contributed by atoms with Crippen LogP contribution in [0.1, 0.15) is 51.5 Å². The van der Waals surface area contributed by atoms with E-state index in [1.54, 1.807) is 24.5 Å². The Balaban J connectivity index is 1.45. The Kier molecular flexibility index (Phi) is 4.26. The fourth-order valence-electron chi connectivity index (χ4n) is 2.93. The summed E-state index contributed by atoms with van der Waals surface area (Å²) in [5.41, 5.74) is 1.37. The molecule has 3 aromatic rings. The van der Waals surface area contributed by atoms with Gasteiger partial charge in [0.25, 0.3) is 5.91 Å². The van der Waals surface area contributed by atoms with E-state index >= 15 is 0 Å². The summed E-state index contributed by atoms with van der Waals surface area (Å²) in [6, 6.07) is 1.91. The molecule has 0 aliphatic heterocycles. The summed E-state index contributed by atoms with van der Waals surface area (Å²) in [6.45, 7) is 2.01. The molecule has 1 amide bonds. The second-order valence-corrected chi connectivity index (χ2v) is 7.65. The molecule has 4 rings (SSSR count). The topological polar surface area (TPSA) is 98.7 Å². The van der Waals surface area contributed by atoms with Crippen molar-refractivity contribution in [3.63, 3.8) is 0 Å². The molecule has 0 aromatic carbocycles. The number of carbonyl (C=O) groups excluding carboxylic acids is 1. The minimum atomic E-state index is -0.254. The highest BCUT2D eigenvalue weighted by molar-refractivity contribution is 7.16. The van der Waals surface area contributed by atoms with Gasteiger partial charge in [0.05, 0.1) is 16.6 Å². The smallest absolute Gasteiger partial charge is 0.273 e. The van der Waals surface area contributed by atoms with Crippen molar-refractivity contribution in [1.29, 1.82) is 0 Å². The van der Waals surface area contributed by atoms with Crippen LogP contribution in [0.3, 0.4) is 0 Å². The number of aromatic nitrogens is 5. The number of nitrogens with one attached hydrogen (secondary N) is 1. The highest BCUT2D eigenvalue weighted by atomic mass is 35.5. The van der Waals surface area contributed by atoms with Crippen LogP contribution in [-0.2, 0) is 13.0 Å². The standard InChI is InChI=1S/C15H15ClN6O2S/c1-8-17-14(20-24-8)7-22-6-11(19-21-22)15(23)18-10-3-2-4-12-9(10)5-13(16)25-12/h5-6,10H,2-4,7H2,1H3,(H,18,23)/t10-/m0/s1. The molecule has 25 heavy (non-hydrogen) atoms. The zero-order valence-corrected chi connectivity index (χ0v) is 15.0. The minimum absolute atomic E-state index is 0.0370. The number of carbonyl (C=O) groups is 1. The van der Waals surface area contributed by atoms with Gasteiger partial charge in [-0.05, 0) is 30.9 Å². The first-order valence-corrected chi connectivity index (χ1v) is 9.06. The molecule has 3 heterocycles. The van der Waals surface area contributed by atoms with E-state index in [2.05, 4.69) is 25.8 Å². The predicted octanol–water partition coefficient (Wildman–Crippen LogP) is 2.54. The first-order valence-electron chi connectivity index (χ1n) is 7.87. The van der Waals surface area contributed by atoms with Gasteiger partial charge in [0.2, 0.25) is 5.89 Å². The van der Waals surface area contributed by atoms with Gasteiger partial charge in [-0.15, -0.1) is 16.4 Å². The fraction of sp³-hybridized carbons (Fsp3) is 0.400. The van der Waals surface area contributed by atoms with E-state index in [1.165, 1.54) is 9.56 Å². The van der Waals surface area contributed by atoms with E-state index in [4.69, 9.17) is 16.1 Å². The van der Waals surface area contributed by atoms with E-state index in [0.717, 1.165) is 29.2 Å². The van der Waals surface area contributed by atoms with Crippen molar-refractivity contribution in [3.8, 4) is 0 Å². The van der Waals surface area contributed by atoms with Gasteiger partial charge in [-0.3, -0.25) is 4.79 Å². The van der Waals surface area contributed by atoms with Crippen molar-refractivity contribution in [1.82, 2.24) is 30.5 Å². The number of hydrogen-bond donors (Lipinski definition) is 1. The molecule has 1 aliphatic carbocycles. The summed E-state index contributed by atoms with van der Waals surface area (Å²) >= 11 is 7.70. The van der Waals surface area contributed by atoms with Gasteiger partial charge in [-0.1, -0.05) is 22.0 Å². The third-order valence-corrected chi connectivity index (χ3v) is 5.37. The van der Waals surface area contributed by atoms with Crippen LogP contribution in [0.25, 0.3) is 0 Å². The van der Waals surface area contributed by atoms with Crippen molar-refractivity contribution in [2.24, 2.45) is 0 Å². The number of amides is 1. The largest absolute Gasteiger partial charge is 0.344 e. The fourth-order valence-corrected chi connectivity index (χ4v) is 4.32. The number of nitrogens with zero attached hydrogens (tertiary/aromatic N) is 5. The molecule has 1 N–H and O–H groups in total. The number of rotatable bonds is 4. The lowest BCUT2D eigenvalue weighted by molar-refractivity contribution is 0.0927. The van der Waals surface area contributed by atoms with Crippen LogP contribution in [0.4, 0.5) is 0 Å². The normalized spacial score (nSPS) is 16.6. The number of fused-ring (bicyclic) bond motifs is 1. The summed E-state index contributed by atoms with van der Waals surface area (Å²) in [7, 11) is 0. The molecular weight excluding hydrogens is 364 g/mol. The minimum Gasteiger partial charge on any atom is -0.344 e. The SMILES string of the molecule is Cc1nc(Cn2cc(C(=O)N[C@H]3CCCc4sc(Cl)cc43)nn2)no1. The van der Waals surface area contributed by atoms with E-state index in [9.17, 15) is 4.79 Å². The van der Waals surface area contributed by atoms with E-state index in [1.807, 2.05) is 6.07 Å². The number of halogens is 1. The van der Waals surface area contributed by atoms with Crippen molar-refractivity contribution < 1.29 is 9.32 Å². The average Bonchev–Trinajstić information content (AvgIpc) is 3.28. The molecule has 10 heteroatoms. The Morgan fingerprint density at radius 2 is 2.44 bits per heavy atom. The number of hydrogen-bond acceptors (Lipinski definition) is 7. The van der Waals surface area contributed by atoms with Gasteiger partial charge in [0.1, 0.15) is 6.54 Å². The first-order chi connectivity index (χ1) is 12.1. The zero-order chi connectivity index (χ0) is 17.4. The maximum atomic E-state index is 12.5. The molecule has 0 saturated heterocycles. The summed E-state index contributed by atoms with van der Waals surface area (Å²) in [6.07, 6.45) is 4.51. The molecule has 3 aromatic heterocycles. The lowest BCUT2D eigenvalue weighted by atomic mass is 9.94. The van der Waals surface area contributed by atoms with Crippen LogP contribution in [0.15, 0.2) is 16.8 Å². The van der Waals surface area contributed by atoms with Crippen LogP contribution in [0.5, 0.6) is 0 Å². The second kappa shape index (κ2) is 6.57. The monoisotopic (exact) mass is 378 g/mol. The first kappa shape index (κ1) is 16.2. The Bertz CT molecular complexity index is 917. The Labute approximate surface area is 152 Å². The highest BCUT2D eigenvalue weighted by Gasteiger charge is 2.25. The second-order valence-electron chi connectivity index (χ2n) is 5.88. The summed E-state index contributed by atoms with van der Waals surface area (Å²) in [5.74, 6) is 0.713. The molecule has 0 fully saturated rings. The molecule has 0 unspecified atom stereocenters. The summed E-state index contributed by atoms with van der Waals surface area (Å²) < 4.78 is 7.18. The van der Waals surface area contributed by atoms with Gasteiger partial charge < -0.3 is 9.84 Å². The van der Waals surface area contributed by atoms with Gasteiger partial charge in [-0.2, -0.15) is 4.98 Å². The van der Waals surface area contributed by atoms with Gasteiger partial charge in [0, 0.05) is 11.8 Å². The van der Waals surface area contributed by atoms with Crippen LogP contribution >= 0.6 is 22.9 Å².